The summed E-state index contributed by atoms with van der Waals surface area (Å²) in [4.78, 5) is 7.58. The Morgan fingerprint density at radius 3 is 2.14 bits per heavy atom. The zero-order valence-electron chi connectivity index (χ0n) is 18.0. The van der Waals surface area contributed by atoms with Crippen LogP contribution < -0.4 is 9.62 Å². The van der Waals surface area contributed by atoms with Crippen molar-refractivity contribution >= 4 is 21.4 Å². The summed E-state index contributed by atoms with van der Waals surface area (Å²) in [5.41, 5.74) is 3.74. The minimum atomic E-state index is -3.65. The molecule has 1 N–H and O–H groups in total. The molecule has 1 aliphatic heterocycles. The van der Waals surface area contributed by atoms with Crippen molar-refractivity contribution in [3.8, 4) is 0 Å². The van der Waals surface area contributed by atoms with Gasteiger partial charge in [0.25, 0.3) is 0 Å². The first-order chi connectivity index (χ1) is 13.5. The summed E-state index contributed by atoms with van der Waals surface area (Å²) in [6.07, 6.45) is 0. The zero-order chi connectivity index (χ0) is 21.4. The fourth-order valence-corrected chi connectivity index (χ4v) is 5.05. The molecule has 7 heteroatoms. The Morgan fingerprint density at radius 2 is 1.62 bits per heavy atom. The Hall–Kier alpha value is -2.09. The van der Waals surface area contributed by atoms with Crippen LogP contribution in [0.4, 0.5) is 11.4 Å². The highest BCUT2D eigenvalue weighted by atomic mass is 32.2. The Labute approximate surface area is 174 Å². The van der Waals surface area contributed by atoms with E-state index in [1.807, 2.05) is 43.3 Å². The molecule has 0 saturated carbocycles. The second kappa shape index (κ2) is 7.97. The molecule has 0 spiro atoms. The fourth-order valence-electron chi connectivity index (χ4n) is 3.53. The molecule has 1 aliphatic rings. The molecular weight excluding hydrogens is 386 g/mol. The van der Waals surface area contributed by atoms with E-state index in [1.165, 1.54) is 5.56 Å². The highest BCUT2D eigenvalue weighted by Crippen LogP contribution is 2.35. The first-order valence-corrected chi connectivity index (χ1v) is 11.3. The van der Waals surface area contributed by atoms with E-state index in [1.54, 1.807) is 24.2 Å². The molecule has 0 bridgehead atoms. The smallest absolute Gasteiger partial charge is 0.239 e. The van der Waals surface area contributed by atoms with Gasteiger partial charge in [0.15, 0.2) is 0 Å². The molecule has 2 aromatic rings. The van der Waals surface area contributed by atoms with E-state index in [9.17, 15) is 8.42 Å². The molecule has 2 unspecified atom stereocenters. The number of hydrogen-bond donors (Lipinski definition) is 1. The number of hydrogen-bond acceptors (Lipinski definition) is 5. The van der Waals surface area contributed by atoms with Gasteiger partial charge >= 0.3 is 0 Å². The van der Waals surface area contributed by atoms with Crippen molar-refractivity contribution in [2.45, 2.75) is 37.5 Å². The van der Waals surface area contributed by atoms with Gasteiger partial charge in [-0.15, -0.1) is 0 Å². The third-order valence-corrected chi connectivity index (χ3v) is 7.06. The Balaban J connectivity index is 1.84. The molecule has 6 nitrogen and oxygen atoms in total. The van der Waals surface area contributed by atoms with E-state index < -0.39 is 15.3 Å². The van der Waals surface area contributed by atoms with Crippen LogP contribution >= 0.6 is 0 Å². The van der Waals surface area contributed by atoms with Crippen LogP contribution in [-0.2, 0) is 20.3 Å². The van der Waals surface area contributed by atoms with E-state index in [0.717, 1.165) is 11.3 Å². The molecule has 2 atom stereocenters. The maximum Gasteiger partial charge on any atom is 0.239 e. The molecule has 29 heavy (non-hydrogen) atoms. The lowest BCUT2D eigenvalue weighted by atomic mass is 9.86. The average molecular weight is 418 g/mol. The summed E-state index contributed by atoms with van der Waals surface area (Å²) < 4.78 is 29.0. The number of anilines is 2. The van der Waals surface area contributed by atoms with Gasteiger partial charge in [-0.3, -0.25) is 9.56 Å². The van der Waals surface area contributed by atoms with Crippen molar-refractivity contribution in [1.29, 1.82) is 0 Å². The van der Waals surface area contributed by atoms with Gasteiger partial charge in [-0.1, -0.05) is 45.0 Å². The summed E-state index contributed by atoms with van der Waals surface area (Å²) in [5, 5.41) is 0.937. The number of rotatable bonds is 5. The molecule has 0 aromatic heterocycles. The molecule has 0 amide bonds. The van der Waals surface area contributed by atoms with Crippen LogP contribution in [-0.4, -0.2) is 46.5 Å². The first-order valence-electron chi connectivity index (χ1n) is 9.74. The third-order valence-electron chi connectivity index (χ3n) is 5.35. The number of hydroxylamine groups is 2. The number of nitrogens with one attached hydrogen (secondary N) is 1. The standard InChI is InChI=1S/C22H31N3O3S/c1-22(2,3)17-9-7-16(8-10-17)21-20(15-28-25(21)6)29(26,27)23-18-11-13-19(14-12-18)24(4)5/h7-14,20-21,23H,15H2,1-6H3. The largest absolute Gasteiger partial charge is 0.378 e. The molecular formula is C22H31N3O3S. The number of sulfonamides is 1. The fraction of sp³-hybridized carbons (Fsp3) is 0.455. The molecule has 0 aliphatic carbocycles. The zero-order valence-corrected chi connectivity index (χ0v) is 18.8. The van der Waals surface area contributed by atoms with Crippen molar-refractivity contribution in [2.75, 3.05) is 37.4 Å². The SMILES string of the molecule is CN(C)c1ccc(NS(=O)(=O)C2CON(C)C2c2ccc(C(C)(C)C)cc2)cc1. The van der Waals surface area contributed by atoms with Gasteiger partial charge in [0.1, 0.15) is 5.25 Å². The highest BCUT2D eigenvalue weighted by Gasteiger charge is 2.43. The van der Waals surface area contributed by atoms with Gasteiger partial charge < -0.3 is 4.90 Å². The number of benzene rings is 2. The summed E-state index contributed by atoms with van der Waals surface area (Å²) >= 11 is 0. The lowest BCUT2D eigenvalue weighted by Gasteiger charge is -2.25. The molecule has 2 aromatic carbocycles. The summed E-state index contributed by atoms with van der Waals surface area (Å²) in [6.45, 7) is 6.59. The summed E-state index contributed by atoms with van der Waals surface area (Å²) in [7, 11) is 2.03. The Bertz CT molecular complexity index is 933. The van der Waals surface area contributed by atoms with Gasteiger partial charge in [-0.05, 0) is 40.8 Å². The highest BCUT2D eigenvalue weighted by molar-refractivity contribution is 7.93. The topological polar surface area (TPSA) is 61.9 Å². The van der Waals surface area contributed by atoms with Crippen molar-refractivity contribution in [1.82, 2.24) is 5.06 Å². The first kappa shape index (κ1) is 21.6. The minimum Gasteiger partial charge on any atom is -0.378 e. The third kappa shape index (κ3) is 4.74. The van der Waals surface area contributed by atoms with Crippen LogP contribution in [0.2, 0.25) is 0 Å². The van der Waals surface area contributed by atoms with Crippen molar-refractivity contribution in [3.05, 3.63) is 59.7 Å². The average Bonchev–Trinajstić information content (AvgIpc) is 3.04. The van der Waals surface area contributed by atoms with Crippen LogP contribution in [0, 0.1) is 0 Å². The predicted octanol–water partition coefficient (Wildman–Crippen LogP) is 3.78. The van der Waals surface area contributed by atoms with Crippen LogP contribution in [0.1, 0.15) is 37.9 Å². The molecule has 1 saturated heterocycles. The molecule has 0 radical (unpaired) electrons. The monoisotopic (exact) mass is 417 g/mol. The van der Waals surface area contributed by atoms with Gasteiger partial charge in [0.2, 0.25) is 10.0 Å². The van der Waals surface area contributed by atoms with E-state index in [4.69, 9.17) is 4.84 Å². The lowest BCUT2D eigenvalue weighted by molar-refractivity contribution is -0.110. The van der Waals surface area contributed by atoms with Crippen molar-refractivity contribution in [2.24, 2.45) is 0 Å². The van der Waals surface area contributed by atoms with E-state index >= 15 is 0 Å². The number of nitrogens with zero attached hydrogens (tertiary/aromatic N) is 2. The maximum absolute atomic E-state index is 13.1. The molecule has 158 valence electrons. The second-order valence-electron chi connectivity index (χ2n) is 8.79. The lowest BCUT2D eigenvalue weighted by Crippen LogP contribution is -2.35. The predicted molar refractivity (Wildman–Crippen MR) is 119 cm³/mol. The Kier molecular flexibility index (Phi) is 5.94. The maximum atomic E-state index is 13.1. The van der Waals surface area contributed by atoms with Crippen molar-refractivity contribution in [3.63, 3.8) is 0 Å². The van der Waals surface area contributed by atoms with Crippen LogP contribution in [0.15, 0.2) is 48.5 Å². The van der Waals surface area contributed by atoms with Crippen molar-refractivity contribution < 1.29 is 13.3 Å². The van der Waals surface area contributed by atoms with Gasteiger partial charge in [0, 0.05) is 32.5 Å². The second-order valence-corrected chi connectivity index (χ2v) is 10.7. The van der Waals surface area contributed by atoms with Crippen LogP contribution in [0.5, 0.6) is 0 Å². The molecule has 1 fully saturated rings. The van der Waals surface area contributed by atoms with Crippen LogP contribution in [0.25, 0.3) is 0 Å². The van der Waals surface area contributed by atoms with Gasteiger partial charge in [-0.2, -0.15) is 5.06 Å². The van der Waals surface area contributed by atoms with E-state index in [-0.39, 0.29) is 18.1 Å². The van der Waals surface area contributed by atoms with E-state index in [2.05, 4.69) is 37.6 Å². The summed E-state index contributed by atoms with van der Waals surface area (Å²) in [6, 6.07) is 15.1. The molecule has 3 rings (SSSR count). The minimum absolute atomic E-state index is 0.0440. The van der Waals surface area contributed by atoms with Gasteiger partial charge in [0.05, 0.1) is 12.6 Å². The van der Waals surface area contributed by atoms with E-state index in [0.29, 0.717) is 5.69 Å². The normalized spacial score (nSPS) is 20.6. The summed E-state index contributed by atoms with van der Waals surface area (Å²) in [5.74, 6) is 0. The quantitative estimate of drug-likeness (QED) is 0.802. The molecule has 1 heterocycles. The Morgan fingerprint density at radius 1 is 1.03 bits per heavy atom. The van der Waals surface area contributed by atoms with Crippen LogP contribution in [0.3, 0.4) is 0 Å². The van der Waals surface area contributed by atoms with Gasteiger partial charge in [-0.25, -0.2) is 8.42 Å².